The molecule has 0 saturated carbocycles. The van der Waals surface area contributed by atoms with Crippen LogP contribution in [0, 0.1) is 13.8 Å². The van der Waals surface area contributed by atoms with E-state index in [1.807, 2.05) is 13.8 Å². The lowest BCUT2D eigenvalue weighted by Crippen LogP contribution is -2.55. The molecule has 3 heterocycles. The smallest absolute Gasteiger partial charge is 0.327 e. The zero-order chi connectivity index (χ0) is 16.1. The maximum absolute atomic E-state index is 12.5. The van der Waals surface area contributed by atoms with E-state index < -0.39 is 5.54 Å². The lowest BCUT2D eigenvalue weighted by molar-refractivity contribution is -0.133. The molecule has 2 aliphatic rings. The van der Waals surface area contributed by atoms with Gasteiger partial charge in [0.2, 0.25) is 0 Å². The fourth-order valence-electron chi connectivity index (χ4n) is 3.41. The van der Waals surface area contributed by atoms with Gasteiger partial charge in [0.05, 0.1) is 6.20 Å². The maximum Gasteiger partial charge on any atom is 0.327 e. The molecule has 7 heteroatoms. The quantitative estimate of drug-likeness (QED) is 0.723. The predicted molar refractivity (Wildman–Crippen MR) is 81.6 cm³/mol. The van der Waals surface area contributed by atoms with Gasteiger partial charge in [-0.1, -0.05) is 0 Å². The summed E-state index contributed by atoms with van der Waals surface area (Å²) in [4.78, 5) is 29.5. The Kier molecular flexibility index (Phi) is 3.30. The number of urea groups is 1. The molecule has 22 heavy (non-hydrogen) atoms. The Morgan fingerprint density at radius 3 is 2.32 bits per heavy atom. The van der Waals surface area contributed by atoms with Crippen LogP contribution >= 0.6 is 0 Å². The molecule has 2 fully saturated rings. The van der Waals surface area contributed by atoms with Crippen LogP contribution in [0.25, 0.3) is 0 Å². The van der Waals surface area contributed by atoms with Crippen molar-refractivity contribution in [1.29, 1.82) is 0 Å². The molecule has 0 radical (unpaired) electrons. The fourth-order valence-corrected chi connectivity index (χ4v) is 3.41. The number of aromatic nitrogens is 2. The number of nitrogens with zero attached hydrogens (tertiary/aromatic N) is 5. The molecule has 0 aliphatic carbocycles. The number of hydrogen-bond donors (Lipinski definition) is 0. The van der Waals surface area contributed by atoms with Crippen molar-refractivity contribution in [2.45, 2.75) is 32.2 Å². The van der Waals surface area contributed by atoms with E-state index in [1.165, 1.54) is 4.90 Å². The molecule has 3 rings (SSSR count). The van der Waals surface area contributed by atoms with Crippen LogP contribution in [0.4, 0.5) is 10.6 Å². The molecule has 0 aromatic carbocycles. The van der Waals surface area contributed by atoms with E-state index in [2.05, 4.69) is 15.1 Å². The van der Waals surface area contributed by atoms with E-state index in [-0.39, 0.29) is 11.9 Å². The van der Waals surface area contributed by atoms with Crippen molar-refractivity contribution in [3.05, 3.63) is 17.3 Å². The number of rotatable bonds is 1. The average Bonchev–Trinajstić information content (AvgIpc) is 2.68. The summed E-state index contributed by atoms with van der Waals surface area (Å²) in [5.74, 6) is 0.786. The minimum absolute atomic E-state index is 0.0910. The number of aryl methyl sites for hydroxylation is 1. The van der Waals surface area contributed by atoms with E-state index in [9.17, 15) is 9.59 Å². The lowest BCUT2D eigenvalue weighted by Gasteiger charge is -2.41. The van der Waals surface area contributed by atoms with Crippen molar-refractivity contribution in [2.75, 3.05) is 32.1 Å². The summed E-state index contributed by atoms with van der Waals surface area (Å²) in [6, 6.07) is -0.218. The monoisotopic (exact) mass is 303 g/mol. The SMILES string of the molecule is Cc1cnnc(N2CCC3(CC2)C(=O)N(C)C(=O)N3C)c1C. The second-order valence-corrected chi connectivity index (χ2v) is 6.20. The molecule has 0 atom stereocenters. The molecule has 0 unspecified atom stereocenters. The standard InChI is InChI=1S/C15H21N5O2/c1-10-9-16-17-12(11(10)2)20-7-5-15(6-8-20)13(21)18(3)14(22)19(15)4/h9H,5-8H2,1-4H3. The Balaban J connectivity index is 1.82. The zero-order valence-electron chi connectivity index (χ0n) is 13.5. The molecule has 118 valence electrons. The summed E-state index contributed by atoms with van der Waals surface area (Å²) in [7, 11) is 3.27. The first-order chi connectivity index (χ1) is 10.4. The van der Waals surface area contributed by atoms with Crippen molar-refractivity contribution >= 4 is 17.8 Å². The van der Waals surface area contributed by atoms with E-state index in [4.69, 9.17) is 0 Å². The summed E-state index contributed by atoms with van der Waals surface area (Å²) in [6.45, 7) is 5.43. The third kappa shape index (κ3) is 1.88. The summed E-state index contributed by atoms with van der Waals surface area (Å²) in [5, 5.41) is 8.28. The minimum atomic E-state index is -0.687. The maximum atomic E-state index is 12.5. The summed E-state index contributed by atoms with van der Waals surface area (Å²) in [5.41, 5.74) is 1.53. The van der Waals surface area contributed by atoms with Gasteiger partial charge >= 0.3 is 6.03 Å². The molecule has 1 aromatic rings. The Labute approximate surface area is 129 Å². The van der Waals surface area contributed by atoms with Gasteiger partial charge in [-0.05, 0) is 37.8 Å². The fraction of sp³-hybridized carbons (Fsp3) is 0.600. The van der Waals surface area contributed by atoms with Crippen LogP contribution in [0.5, 0.6) is 0 Å². The van der Waals surface area contributed by atoms with E-state index >= 15 is 0 Å². The molecular formula is C15H21N5O2. The Morgan fingerprint density at radius 2 is 1.77 bits per heavy atom. The molecular weight excluding hydrogens is 282 g/mol. The number of amides is 3. The van der Waals surface area contributed by atoms with Crippen LogP contribution in [-0.4, -0.2) is 64.7 Å². The van der Waals surface area contributed by atoms with Crippen molar-refractivity contribution in [1.82, 2.24) is 20.0 Å². The van der Waals surface area contributed by atoms with Gasteiger partial charge in [0.25, 0.3) is 5.91 Å². The second kappa shape index (κ2) is 4.93. The highest BCUT2D eigenvalue weighted by Crippen LogP contribution is 2.36. The molecule has 7 nitrogen and oxygen atoms in total. The van der Waals surface area contributed by atoms with Crippen molar-refractivity contribution in [2.24, 2.45) is 0 Å². The van der Waals surface area contributed by atoms with Gasteiger partial charge in [0, 0.05) is 27.2 Å². The Hall–Kier alpha value is -2.18. The van der Waals surface area contributed by atoms with Crippen LogP contribution < -0.4 is 4.90 Å². The van der Waals surface area contributed by atoms with Crippen LogP contribution in [0.2, 0.25) is 0 Å². The van der Waals surface area contributed by atoms with Gasteiger partial charge in [0.1, 0.15) is 5.54 Å². The first kappa shape index (κ1) is 14.7. The Morgan fingerprint density at radius 1 is 1.14 bits per heavy atom. The number of hydrogen-bond acceptors (Lipinski definition) is 5. The highest BCUT2D eigenvalue weighted by Gasteiger charge is 2.55. The van der Waals surface area contributed by atoms with Crippen LogP contribution in [0.3, 0.4) is 0 Å². The molecule has 1 aromatic heterocycles. The number of likely N-dealkylation sites (N-methyl/N-ethyl adjacent to an activating group) is 2. The largest absolute Gasteiger partial charge is 0.355 e. The van der Waals surface area contributed by atoms with E-state index in [1.54, 1.807) is 25.2 Å². The minimum Gasteiger partial charge on any atom is -0.355 e. The van der Waals surface area contributed by atoms with Crippen LogP contribution in [0.1, 0.15) is 24.0 Å². The third-order valence-electron chi connectivity index (χ3n) is 5.14. The Bertz CT molecular complexity index is 637. The molecule has 3 amide bonds. The van der Waals surface area contributed by atoms with Crippen LogP contribution in [-0.2, 0) is 4.79 Å². The number of carbonyl (C=O) groups excluding carboxylic acids is 2. The predicted octanol–water partition coefficient (Wildman–Crippen LogP) is 0.956. The lowest BCUT2D eigenvalue weighted by atomic mass is 9.86. The molecule has 0 N–H and O–H groups in total. The van der Waals surface area contributed by atoms with Gasteiger partial charge < -0.3 is 9.80 Å². The molecule has 2 aliphatic heterocycles. The van der Waals surface area contributed by atoms with Crippen molar-refractivity contribution in [3.8, 4) is 0 Å². The first-order valence-electron chi connectivity index (χ1n) is 7.48. The topological polar surface area (TPSA) is 69.6 Å². The van der Waals surface area contributed by atoms with Gasteiger partial charge in [-0.3, -0.25) is 9.69 Å². The number of anilines is 1. The van der Waals surface area contributed by atoms with Crippen molar-refractivity contribution < 1.29 is 9.59 Å². The number of piperidine rings is 1. The summed E-state index contributed by atoms with van der Waals surface area (Å²) < 4.78 is 0. The molecule has 1 spiro atoms. The summed E-state index contributed by atoms with van der Waals surface area (Å²) in [6.07, 6.45) is 2.99. The average molecular weight is 303 g/mol. The van der Waals surface area contributed by atoms with Gasteiger partial charge in [0.15, 0.2) is 5.82 Å². The van der Waals surface area contributed by atoms with E-state index in [0.717, 1.165) is 16.9 Å². The van der Waals surface area contributed by atoms with Gasteiger partial charge in [-0.2, -0.15) is 5.10 Å². The van der Waals surface area contributed by atoms with Crippen molar-refractivity contribution in [3.63, 3.8) is 0 Å². The van der Waals surface area contributed by atoms with Crippen LogP contribution in [0.15, 0.2) is 6.20 Å². The zero-order valence-corrected chi connectivity index (χ0v) is 13.5. The molecule has 2 saturated heterocycles. The highest BCUT2D eigenvalue weighted by molar-refractivity contribution is 6.06. The third-order valence-corrected chi connectivity index (χ3v) is 5.14. The highest BCUT2D eigenvalue weighted by atomic mass is 16.2. The first-order valence-corrected chi connectivity index (χ1v) is 7.48. The normalized spacial score (nSPS) is 21.2. The second-order valence-electron chi connectivity index (χ2n) is 6.20. The van der Waals surface area contributed by atoms with E-state index in [0.29, 0.717) is 25.9 Å². The molecule has 0 bridgehead atoms. The van der Waals surface area contributed by atoms with Gasteiger partial charge in [-0.25, -0.2) is 4.79 Å². The number of imide groups is 1. The summed E-state index contributed by atoms with van der Waals surface area (Å²) >= 11 is 0. The number of carbonyl (C=O) groups is 2. The van der Waals surface area contributed by atoms with Gasteiger partial charge in [-0.15, -0.1) is 5.10 Å².